The van der Waals surface area contributed by atoms with E-state index in [1.165, 1.54) is 12.8 Å². The van der Waals surface area contributed by atoms with Crippen LogP contribution in [-0.2, 0) is 11.3 Å². The second-order valence-electron chi connectivity index (χ2n) is 10.5. The maximum absolute atomic E-state index is 13.2. The molecule has 2 aliphatic rings. The van der Waals surface area contributed by atoms with Crippen LogP contribution in [0.5, 0.6) is 5.75 Å². The number of piperazine rings is 1. The van der Waals surface area contributed by atoms with Crippen molar-refractivity contribution >= 4 is 23.2 Å². The first-order chi connectivity index (χ1) is 19.5. The van der Waals surface area contributed by atoms with Gasteiger partial charge in [0.15, 0.2) is 0 Å². The van der Waals surface area contributed by atoms with Gasteiger partial charge < -0.3 is 24.3 Å². The number of anilines is 2. The zero-order chi connectivity index (χ0) is 27.9. The zero-order valence-electron chi connectivity index (χ0n) is 23.7. The average molecular weight is 545 g/mol. The van der Waals surface area contributed by atoms with Gasteiger partial charge in [0.2, 0.25) is 5.91 Å². The van der Waals surface area contributed by atoms with Crippen molar-refractivity contribution in [3.63, 3.8) is 0 Å². The Bertz CT molecular complexity index is 1280. The molecule has 9 nitrogen and oxygen atoms in total. The van der Waals surface area contributed by atoms with Gasteiger partial charge in [-0.05, 0) is 74.8 Å². The lowest BCUT2D eigenvalue weighted by Gasteiger charge is -2.35. The molecule has 40 heavy (non-hydrogen) atoms. The molecule has 0 saturated carbocycles. The second-order valence-corrected chi connectivity index (χ2v) is 10.5. The number of aromatic nitrogens is 2. The van der Waals surface area contributed by atoms with E-state index in [4.69, 9.17) is 4.74 Å². The standard InChI is InChI=1S/C31H40N6O3/c1-3-40-30-8-6-7-26(21-30)23-36-24-29(22-32-36)34-16-18-35(19-17-34)31(39)27-9-11-28(12-10-27)37(25(2)38)20-15-33-13-4-5-14-33/h6-12,21-22,24H,3-5,13-20,23H2,1-2H3. The third kappa shape index (κ3) is 6.83. The van der Waals surface area contributed by atoms with Gasteiger partial charge in [-0.25, -0.2) is 0 Å². The molecule has 2 fully saturated rings. The summed E-state index contributed by atoms with van der Waals surface area (Å²) in [5.74, 6) is 0.927. The molecule has 0 spiro atoms. The molecule has 2 amide bonds. The van der Waals surface area contributed by atoms with Gasteiger partial charge in [-0.1, -0.05) is 12.1 Å². The highest BCUT2D eigenvalue weighted by Gasteiger charge is 2.24. The molecule has 3 heterocycles. The predicted octanol–water partition coefficient (Wildman–Crippen LogP) is 3.74. The number of carbonyl (C=O) groups excluding carboxylic acids is 2. The highest BCUT2D eigenvalue weighted by atomic mass is 16.5. The highest BCUT2D eigenvalue weighted by molar-refractivity contribution is 5.96. The summed E-state index contributed by atoms with van der Waals surface area (Å²) in [6.45, 7) is 11.5. The fourth-order valence-corrected chi connectivity index (χ4v) is 5.54. The van der Waals surface area contributed by atoms with Crippen molar-refractivity contribution in [2.45, 2.75) is 33.2 Å². The lowest BCUT2D eigenvalue weighted by molar-refractivity contribution is -0.116. The van der Waals surface area contributed by atoms with E-state index < -0.39 is 0 Å². The topological polar surface area (TPSA) is 74.2 Å². The van der Waals surface area contributed by atoms with E-state index in [0.29, 0.717) is 38.3 Å². The molecule has 2 saturated heterocycles. The zero-order valence-corrected chi connectivity index (χ0v) is 23.7. The van der Waals surface area contributed by atoms with Gasteiger partial charge in [-0.2, -0.15) is 5.10 Å². The summed E-state index contributed by atoms with van der Waals surface area (Å²) in [6.07, 6.45) is 6.43. The van der Waals surface area contributed by atoms with Crippen LogP contribution in [0.25, 0.3) is 0 Å². The Labute approximate surface area is 236 Å². The second kappa shape index (κ2) is 13.0. The van der Waals surface area contributed by atoms with Gasteiger partial charge in [-0.3, -0.25) is 14.3 Å². The number of carbonyl (C=O) groups is 2. The van der Waals surface area contributed by atoms with Crippen LogP contribution in [0.15, 0.2) is 60.9 Å². The molecule has 1 aromatic heterocycles. The largest absolute Gasteiger partial charge is 0.494 e. The van der Waals surface area contributed by atoms with E-state index in [1.807, 2.05) is 65.2 Å². The molecule has 0 atom stereocenters. The Morgan fingerprint density at radius 1 is 0.975 bits per heavy atom. The number of hydrogen-bond acceptors (Lipinski definition) is 6. The number of nitrogens with zero attached hydrogens (tertiary/aromatic N) is 6. The minimum atomic E-state index is 0.0248. The van der Waals surface area contributed by atoms with Gasteiger partial charge in [0.25, 0.3) is 5.91 Å². The van der Waals surface area contributed by atoms with E-state index >= 15 is 0 Å². The normalized spacial score (nSPS) is 15.8. The average Bonchev–Trinajstić information content (AvgIpc) is 3.66. The lowest BCUT2D eigenvalue weighted by Crippen LogP contribution is -2.48. The maximum Gasteiger partial charge on any atom is 0.253 e. The fraction of sp³-hybridized carbons (Fsp3) is 0.452. The third-order valence-corrected chi connectivity index (χ3v) is 7.75. The summed E-state index contributed by atoms with van der Waals surface area (Å²) in [6, 6.07) is 15.6. The molecular weight excluding hydrogens is 504 g/mol. The molecular formula is C31H40N6O3. The van der Waals surface area contributed by atoms with Gasteiger partial charge in [0.05, 0.1) is 25.0 Å². The number of ether oxygens (including phenoxy) is 1. The molecule has 212 valence electrons. The van der Waals surface area contributed by atoms with Crippen molar-refractivity contribution in [1.82, 2.24) is 19.6 Å². The van der Waals surface area contributed by atoms with Crippen molar-refractivity contribution in [3.8, 4) is 5.75 Å². The summed E-state index contributed by atoms with van der Waals surface area (Å²) in [7, 11) is 0. The van der Waals surface area contributed by atoms with Crippen LogP contribution in [0.1, 0.15) is 42.6 Å². The van der Waals surface area contributed by atoms with Crippen LogP contribution in [0, 0.1) is 0 Å². The molecule has 5 rings (SSSR count). The fourth-order valence-electron chi connectivity index (χ4n) is 5.54. The van der Waals surface area contributed by atoms with E-state index in [-0.39, 0.29) is 11.8 Å². The summed E-state index contributed by atoms with van der Waals surface area (Å²) in [4.78, 5) is 33.9. The Hall–Kier alpha value is -3.85. The molecule has 2 aromatic carbocycles. The quantitative estimate of drug-likeness (QED) is 0.387. The molecule has 0 bridgehead atoms. The Kier molecular flexibility index (Phi) is 9.01. The smallest absolute Gasteiger partial charge is 0.253 e. The molecule has 0 N–H and O–H groups in total. The Morgan fingerprint density at radius 3 is 2.42 bits per heavy atom. The lowest BCUT2D eigenvalue weighted by atomic mass is 10.1. The van der Waals surface area contributed by atoms with Crippen molar-refractivity contribution in [3.05, 3.63) is 72.1 Å². The van der Waals surface area contributed by atoms with E-state index in [1.54, 1.807) is 11.8 Å². The summed E-state index contributed by atoms with van der Waals surface area (Å²) in [5, 5.41) is 4.56. The van der Waals surface area contributed by atoms with Gasteiger partial charge in [-0.15, -0.1) is 0 Å². The van der Waals surface area contributed by atoms with Crippen molar-refractivity contribution in [1.29, 1.82) is 0 Å². The summed E-state index contributed by atoms with van der Waals surface area (Å²) in [5.41, 5.74) is 3.70. The first-order valence-corrected chi connectivity index (χ1v) is 14.4. The monoisotopic (exact) mass is 544 g/mol. The number of likely N-dealkylation sites (tertiary alicyclic amines) is 1. The number of hydrogen-bond donors (Lipinski definition) is 0. The molecule has 0 radical (unpaired) electrons. The molecule has 0 unspecified atom stereocenters. The highest BCUT2D eigenvalue weighted by Crippen LogP contribution is 2.21. The van der Waals surface area contributed by atoms with Gasteiger partial charge >= 0.3 is 0 Å². The predicted molar refractivity (Wildman–Crippen MR) is 157 cm³/mol. The van der Waals surface area contributed by atoms with Crippen LogP contribution in [-0.4, -0.2) is 90.4 Å². The molecule has 3 aromatic rings. The van der Waals surface area contributed by atoms with E-state index in [2.05, 4.69) is 27.2 Å². The number of rotatable bonds is 10. The van der Waals surface area contributed by atoms with Crippen LogP contribution in [0.2, 0.25) is 0 Å². The Morgan fingerprint density at radius 2 is 1.73 bits per heavy atom. The van der Waals surface area contributed by atoms with Crippen LogP contribution in [0.3, 0.4) is 0 Å². The van der Waals surface area contributed by atoms with Crippen LogP contribution < -0.4 is 14.5 Å². The van der Waals surface area contributed by atoms with Gasteiger partial charge in [0.1, 0.15) is 5.75 Å². The number of benzene rings is 2. The Balaban J connectivity index is 1.13. The van der Waals surface area contributed by atoms with Crippen molar-refractivity contribution in [2.24, 2.45) is 0 Å². The maximum atomic E-state index is 13.2. The third-order valence-electron chi connectivity index (χ3n) is 7.75. The summed E-state index contributed by atoms with van der Waals surface area (Å²) >= 11 is 0. The first-order valence-electron chi connectivity index (χ1n) is 14.4. The molecule has 0 aliphatic carbocycles. The van der Waals surface area contributed by atoms with Crippen LogP contribution >= 0.6 is 0 Å². The molecule has 2 aliphatic heterocycles. The first kappa shape index (κ1) is 27.7. The van der Waals surface area contributed by atoms with E-state index in [0.717, 1.165) is 55.4 Å². The molecule has 9 heteroatoms. The van der Waals surface area contributed by atoms with Crippen molar-refractivity contribution in [2.75, 3.05) is 68.8 Å². The minimum Gasteiger partial charge on any atom is -0.494 e. The number of amides is 2. The van der Waals surface area contributed by atoms with Crippen molar-refractivity contribution < 1.29 is 14.3 Å². The van der Waals surface area contributed by atoms with E-state index in [9.17, 15) is 9.59 Å². The van der Waals surface area contributed by atoms with Gasteiger partial charge in [0, 0.05) is 63.6 Å². The summed E-state index contributed by atoms with van der Waals surface area (Å²) < 4.78 is 7.55. The minimum absolute atomic E-state index is 0.0248. The SMILES string of the molecule is CCOc1cccc(Cn2cc(N3CCN(C(=O)c4ccc(N(CCN5CCCC5)C(C)=O)cc4)CC3)cn2)c1. The van der Waals surface area contributed by atoms with Crippen LogP contribution in [0.4, 0.5) is 11.4 Å².